The van der Waals surface area contributed by atoms with Crippen LogP contribution in [0.3, 0.4) is 0 Å². The van der Waals surface area contributed by atoms with Crippen LogP contribution in [0.5, 0.6) is 17.2 Å². The molecule has 2 aromatic heterocycles. The molecule has 2 aliphatic rings. The van der Waals surface area contributed by atoms with Crippen molar-refractivity contribution >= 4 is 41.0 Å². The van der Waals surface area contributed by atoms with Crippen molar-refractivity contribution < 1.29 is 37.7 Å². The zero-order chi connectivity index (χ0) is 43.7. The average Bonchev–Trinajstić information content (AvgIpc) is 3.62. The largest absolute Gasteiger partial charge is 0.489 e. The summed E-state index contributed by atoms with van der Waals surface area (Å²) in [5, 5.41) is 3.86. The summed E-state index contributed by atoms with van der Waals surface area (Å²) in [6, 6.07) is 24.4. The Morgan fingerprint density at radius 3 is 2.34 bits per heavy atom. The van der Waals surface area contributed by atoms with E-state index in [1.807, 2.05) is 86.6 Å². The highest BCUT2D eigenvalue weighted by Gasteiger charge is 2.39. The molecule has 6 aromatic rings. The van der Waals surface area contributed by atoms with Gasteiger partial charge in [-0.05, 0) is 108 Å². The highest BCUT2D eigenvalue weighted by atomic mass is 35.5. The number of pyridine rings is 1. The van der Waals surface area contributed by atoms with Gasteiger partial charge in [-0.1, -0.05) is 65.7 Å². The highest BCUT2D eigenvalue weighted by Crippen LogP contribution is 2.41. The number of nitrogens with one attached hydrogen (secondary N) is 1. The van der Waals surface area contributed by atoms with E-state index in [4.69, 9.17) is 46.6 Å². The van der Waals surface area contributed by atoms with E-state index in [-0.39, 0.29) is 31.7 Å². The van der Waals surface area contributed by atoms with Gasteiger partial charge in [0.2, 0.25) is 5.91 Å². The van der Waals surface area contributed by atoms with Gasteiger partial charge >= 0.3 is 5.97 Å². The van der Waals surface area contributed by atoms with Gasteiger partial charge in [-0.2, -0.15) is 0 Å². The molecule has 0 radical (unpaired) electrons. The van der Waals surface area contributed by atoms with Crippen LogP contribution >= 0.6 is 23.2 Å². The maximum absolute atomic E-state index is 14.4. The standard InChI is InChI=1S/C48H44Cl2N4O8/c1-26-27(2)51-17-16-37(26)32-9-6-30(7-10-32)19-40(48(57)58-5)53-46(55)41-20-34-21-42-43(22-35(34)23-54(41)47(56)45-28(3)61-29(4)52-45)62-44(25-60-42)33-11-13-36(14-12-33)59-24-31-8-15-38(49)39(50)18-31/h6-18,21-22,40-41,44H,19-20,23-25H2,1-5H3,(H,53,55)/t40?,41-,44+/m0/s1. The van der Waals surface area contributed by atoms with E-state index in [1.54, 1.807) is 32.2 Å². The first kappa shape index (κ1) is 42.3. The third-order valence-electron chi connectivity index (χ3n) is 11.3. The summed E-state index contributed by atoms with van der Waals surface area (Å²) in [5.41, 5.74) is 8.38. The van der Waals surface area contributed by atoms with E-state index in [2.05, 4.69) is 15.3 Å². The number of oxazole rings is 1. The molecule has 0 spiro atoms. The smallest absolute Gasteiger partial charge is 0.328 e. The Hall–Kier alpha value is -6.37. The summed E-state index contributed by atoms with van der Waals surface area (Å²) >= 11 is 12.2. The Morgan fingerprint density at radius 1 is 0.887 bits per heavy atom. The first-order valence-electron chi connectivity index (χ1n) is 20.1. The summed E-state index contributed by atoms with van der Waals surface area (Å²) < 4.78 is 29.5. The lowest BCUT2D eigenvalue weighted by Gasteiger charge is -2.37. The maximum Gasteiger partial charge on any atom is 0.328 e. The number of methoxy groups -OCH3 is 1. The molecule has 0 bridgehead atoms. The molecule has 12 nitrogen and oxygen atoms in total. The van der Waals surface area contributed by atoms with Crippen molar-refractivity contribution in [1.29, 1.82) is 0 Å². The number of aryl methyl sites for hydroxylation is 3. The summed E-state index contributed by atoms with van der Waals surface area (Å²) in [6.45, 7) is 7.95. The molecule has 8 rings (SSSR count). The molecule has 4 aromatic carbocycles. The molecular weight excluding hydrogens is 831 g/mol. The molecule has 2 aliphatic heterocycles. The van der Waals surface area contributed by atoms with Crippen LogP contribution in [0.2, 0.25) is 10.0 Å². The topological polar surface area (TPSA) is 142 Å². The zero-order valence-electron chi connectivity index (χ0n) is 34.8. The SMILES string of the molecule is COC(=O)C(Cc1ccc(-c2ccnc(C)c2C)cc1)NC(=O)[C@@H]1Cc2cc3c(cc2CN1C(=O)c1nc(C)oc1C)O[C@@H](c1ccc(OCc2ccc(Cl)c(Cl)c2)cc1)CO3. The van der Waals surface area contributed by atoms with Gasteiger partial charge in [-0.3, -0.25) is 14.6 Å². The Kier molecular flexibility index (Phi) is 12.2. The monoisotopic (exact) mass is 874 g/mol. The maximum atomic E-state index is 14.4. The minimum atomic E-state index is -1.03. The molecule has 0 saturated carbocycles. The molecular formula is C48H44Cl2N4O8. The number of ether oxygens (including phenoxy) is 4. The number of halogens is 2. The van der Waals surface area contributed by atoms with Crippen molar-refractivity contribution in [3.63, 3.8) is 0 Å². The van der Waals surface area contributed by atoms with Crippen LogP contribution in [-0.2, 0) is 40.3 Å². The van der Waals surface area contributed by atoms with E-state index in [0.717, 1.165) is 50.2 Å². The fourth-order valence-corrected chi connectivity index (χ4v) is 8.13. The van der Waals surface area contributed by atoms with Crippen LogP contribution in [-0.4, -0.2) is 58.5 Å². The normalized spacial score (nSPS) is 16.0. The number of amides is 2. The van der Waals surface area contributed by atoms with Crippen LogP contribution in [0.4, 0.5) is 0 Å². The molecule has 0 saturated heterocycles. The van der Waals surface area contributed by atoms with Crippen LogP contribution in [0, 0.1) is 27.7 Å². The number of nitrogens with zero attached hydrogens (tertiary/aromatic N) is 3. The second-order valence-corrected chi connectivity index (χ2v) is 16.3. The lowest BCUT2D eigenvalue weighted by molar-refractivity contribution is -0.145. The number of fused-ring (bicyclic) bond motifs is 2. The first-order chi connectivity index (χ1) is 29.8. The fraction of sp³-hybridized carbons (Fsp3) is 0.271. The Labute approximate surface area is 369 Å². The van der Waals surface area contributed by atoms with Gasteiger partial charge in [0, 0.05) is 38.2 Å². The van der Waals surface area contributed by atoms with Crippen molar-refractivity contribution in [2.24, 2.45) is 0 Å². The molecule has 0 fully saturated rings. The fourth-order valence-electron chi connectivity index (χ4n) is 7.81. The van der Waals surface area contributed by atoms with Gasteiger partial charge in [0.25, 0.3) is 5.91 Å². The molecule has 1 unspecified atom stereocenters. The minimum Gasteiger partial charge on any atom is -0.489 e. The molecule has 1 N–H and O–H groups in total. The number of hydrogen-bond donors (Lipinski definition) is 1. The van der Waals surface area contributed by atoms with Crippen LogP contribution in [0.25, 0.3) is 11.1 Å². The Balaban J connectivity index is 1.00. The van der Waals surface area contributed by atoms with Crippen molar-refractivity contribution in [1.82, 2.24) is 20.2 Å². The summed E-state index contributed by atoms with van der Waals surface area (Å²) in [7, 11) is 1.28. The first-order valence-corrected chi connectivity index (χ1v) is 20.9. The van der Waals surface area contributed by atoms with E-state index in [9.17, 15) is 14.4 Å². The van der Waals surface area contributed by atoms with Crippen molar-refractivity contribution in [2.75, 3.05) is 13.7 Å². The zero-order valence-corrected chi connectivity index (χ0v) is 36.3. The van der Waals surface area contributed by atoms with Gasteiger partial charge in [0.1, 0.15) is 36.8 Å². The molecule has 318 valence electrons. The van der Waals surface area contributed by atoms with Crippen LogP contribution < -0.4 is 19.5 Å². The number of esters is 1. The Bertz CT molecular complexity index is 2670. The molecule has 3 atom stereocenters. The summed E-state index contributed by atoms with van der Waals surface area (Å²) in [4.78, 5) is 52.1. The second-order valence-electron chi connectivity index (χ2n) is 15.4. The van der Waals surface area contributed by atoms with Gasteiger partial charge in [0.15, 0.2) is 29.2 Å². The van der Waals surface area contributed by atoms with Crippen LogP contribution in [0.1, 0.15) is 67.3 Å². The third-order valence-corrected chi connectivity index (χ3v) is 12.1. The summed E-state index contributed by atoms with van der Waals surface area (Å²) in [6.07, 6.45) is 1.67. The average molecular weight is 876 g/mol. The van der Waals surface area contributed by atoms with Crippen molar-refractivity contribution in [3.8, 4) is 28.4 Å². The lowest BCUT2D eigenvalue weighted by Crippen LogP contribution is -2.56. The quantitative estimate of drug-likeness (QED) is 0.126. The molecule has 14 heteroatoms. The molecule has 4 heterocycles. The second kappa shape index (κ2) is 17.9. The van der Waals surface area contributed by atoms with E-state index < -0.39 is 36.0 Å². The number of benzene rings is 4. The van der Waals surface area contributed by atoms with E-state index in [0.29, 0.717) is 45.6 Å². The van der Waals surface area contributed by atoms with Crippen LogP contribution in [0.15, 0.2) is 95.5 Å². The van der Waals surface area contributed by atoms with E-state index in [1.165, 1.54) is 12.0 Å². The highest BCUT2D eigenvalue weighted by molar-refractivity contribution is 6.42. The van der Waals surface area contributed by atoms with Gasteiger partial charge in [0.05, 0.1) is 17.2 Å². The minimum absolute atomic E-state index is 0.0576. The number of aromatic nitrogens is 2. The molecule has 2 amide bonds. The van der Waals surface area contributed by atoms with Crippen molar-refractivity contribution in [2.45, 2.75) is 71.9 Å². The predicted molar refractivity (Wildman–Crippen MR) is 233 cm³/mol. The molecule has 62 heavy (non-hydrogen) atoms. The molecule has 0 aliphatic carbocycles. The Morgan fingerprint density at radius 2 is 1.63 bits per heavy atom. The van der Waals surface area contributed by atoms with Gasteiger partial charge in [-0.15, -0.1) is 0 Å². The van der Waals surface area contributed by atoms with Gasteiger partial charge in [-0.25, -0.2) is 9.78 Å². The number of rotatable bonds is 11. The number of carbonyl (C=O) groups excluding carboxylic acids is 3. The predicted octanol–water partition coefficient (Wildman–Crippen LogP) is 8.84. The van der Waals surface area contributed by atoms with E-state index >= 15 is 0 Å². The summed E-state index contributed by atoms with van der Waals surface area (Å²) in [5.74, 6) is 0.757. The number of carbonyl (C=O) groups is 3. The lowest BCUT2D eigenvalue weighted by atomic mass is 9.91. The third kappa shape index (κ3) is 8.98. The van der Waals surface area contributed by atoms with Crippen molar-refractivity contribution in [3.05, 3.63) is 158 Å². The van der Waals surface area contributed by atoms with Gasteiger partial charge < -0.3 is 33.6 Å². The number of hydrogen-bond acceptors (Lipinski definition) is 10.